The van der Waals surface area contributed by atoms with Gasteiger partial charge in [-0.15, -0.1) is 0 Å². The Morgan fingerprint density at radius 1 is 1.29 bits per heavy atom. The van der Waals surface area contributed by atoms with Crippen molar-refractivity contribution < 1.29 is 9.53 Å². The summed E-state index contributed by atoms with van der Waals surface area (Å²) in [6.07, 6.45) is 0. The summed E-state index contributed by atoms with van der Waals surface area (Å²) in [6.45, 7) is 9.25. The minimum atomic E-state index is -0.0547. The van der Waals surface area contributed by atoms with Crippen molar-refractivity contribution >= 4 is 5.91 Å². The minimum absolute atomic E-state index is 0.0547. The van der Waals surface area contributed by atoms with Gasteiger partial charge in [-0.05, 0) is 27.7 Å². The Morgan fingerprint density at radius 3 is 2.14 bits per heavy atom. The number of amides is 1. The monoisotopic (exact) mass is 200 g/mol. The molecule has 0 spiro atoms. The van der Waals surface area contributed by atoms with Gasteiger partial charge in [-0.1, -0.05) is 0 Å². The average molecular weight is 200 g/mol. The quantitative estimate of drug-likeness (QED) is 0.533. The zero-order chi connectivity index (χ0) is 11.1. The maximum Gasteiger partial charge on any atom is 0.254 e. The highest BCUT2D eigenvalue weighted by molar-refractivity contribution is 5.93. The van der Waals surface area contributed by atoms with Crippen molar-refractivity contribution in [1.82, 2.24) is 4.90 Å². The molecule has 0 aromatic carbocycles. The van der Waals surface area contributed by atoms with E-state index in [0.29, 0.717) is 25.3 Å². The highest BCUT2D eigenvalue weighted by atomic mass is 16.5. The van der Waals surface area contributed by atoms with Crippen LogP contribution in [0.1, 0.15) is 27.7 Å². The van der Waals surface area contributed by atoms with Crippen LogP contribution < -0.4 is 5.73 Å². The van der Waals surface area contributed by atoms with Gasteiger partial charge in [-0.25, -0.2) is 0 Å². The average Bonchev–Trinajstić information content (AvgIpc) is 2.18. The Morgan fingerprint density at radius 2 is 1.79 bits per heavy atom. The normalized spacial score (nSPS) is 12.0. The van der Waals surface area contributed by atoms with Gasteiger partial charge in [-0.3, -0.25) is 4.79 Å². The molecule has 82 valence electrons. The molecule has 0 aliphatic rings. The number of carbonyl (C=O) groups excluding carboxylic acids is 1. The molecule has 0 aromatic rings. The maximum absolute atomic E-state index is 11.7. The molecule has 0 bridgehead atoms. The fourth-order valence-electron chi connectivity index (χ4n) is 1.12. The van der Waals surface area contributed by atoms with Crippen LogP contribution in [0, 0.1) is 0 Å². The molecule has 0 rings (SSSR count). The van der Waals surface area contributed by atoms with Gasteiger partial charge in [0.15, 0.2) is 5.88 Å². The van der Waals surface area contributed by atoms with Crippen LogP contribution in [0.15, 0.2) is 11.5 Å². The van der Waals surface area contributed by atoms with Crippen molar-refractivity contribution in [3.05, 3.63) is 11.5 Å². The lowest BCUT2D eigenvalue weighted by molar-refractivity contribution is -0.127. The fraction of sp³-hybridized carbons (Fsp3) is 0.700. The van der Waals surface area contributed by atoms with Crippen LogP contribution in [0.25, 0.3) is 0 Å². The molecule has 0 saturated heterocycles. The number of hydrogen-bond acceptors (Lipinski definition) is 3. The van der Waals surface area contributed by atoms with Gasteiger partial charge in [-0.2, -0.15) is 0 Å². The van der Waals surface area contributed by atoms with Crippen molar-refractivity contribution in [2.45, 2.75) is 27.7 Å². The van der Waals surface area contributed by atoms with Crippen LogP contribution in [0.2, 0.25) is 0 Å². The summed E-state index contributed by atoms with van der Waals surface area (Å²) in [4.78, 5) is 13.4. The van der Waals surface area contributed by atoms with E-state index in [9.17, 15) is 4.79 Å². The van der Waals surface area contributed by atoms with Gasteiger partial charge in [0, 0.05) is 13.1 Å². The Labute approximate surface area is 85.7 Å². The van der Waals surface area contributed by atoms with E-state index in [1.165, 1.54) is 0 Å². The van der Waals surface area contributed by atoms with Gasteiger partial charge in [0.1, 0.15) is 0 Å². The van der Waals surface area contributed by atoms with E-state index < -0.39 is 0 Å². The van der Waals surface area contributed by atoms with Gasteiger partial charge < -0.3 is 15.4 Å². The third-order valence-electron chi connectivity index (χ3n) is 2.04. The second kappa shape index (κ2) is 6.29. The number of ether oxygens (including phenoxy) is 1. The van der Waals surface area contributed by atoms with E-state index in [0.717, 1.165) is 0 Å². The molecule has 14 heavy (non-hydrogen) atoms. The first-order chi connectivity index (χ1) is 6.58. The van der Waals surface area contributed by atoms with E-state index >= 15 is 0 Å². The first-order valence-electron chi connectivity index (χ1n) is 4.96. The Bertz CT molecular complexity index is 220. The molecule has 0 atom stereocenters. The number of nitrogens with two attached hydrogens (primary N) is 1. The van der Waals surface area contributed by atoms with E-state index in [1.807, 2.05) is 20.8 Å². The first-order valence-corrected chi connectivity index (χ1v) is 4.96. The molecule has 4 heteroatoms. The van der Waals surface area contributed by atoms with Gasteiger partial charge in [0.2, 0.25) is 0 Å². The summed E-state index contributed by atoms with van der Waals surface area (Å²) in [5, 5.41) is 0. The lowest BCUT2D eigenvalue weighted by Gasteiger charge is -2.19. The number of nitrogens with zero attached hydrogens (tertiary/aromatic N) is 1. The maximum atomic E-state index is 11.7. The largest absolute Gasteiger partial charge is 0.479 e. The second-order valence-corrected chi connectivity index (χ2v) is 2.90. The highest BCUT2D eigenvalue weighted by Crippen LogP contribution is 2.05. The molecule has 4 nitrogen and oxygen atoms in total. The topological polar surface area (TPSA) is 55.6 Å². The van der Waals surface area contributed by atoms with Crippen LogP contribution >= 0.6 is 0 Å². The van der Waals surface area contributed by atoms with Crippen molar-refractivity contribution in [3.63, 3.8) is 0 Å². The number of hydrogen-bond donors (Lipinski definition) is 1. The summed E-state index contributed by atoms with van der Waals surface area (Å²) in [5.74, 6) is 0.172. The Kier molecular flexibility index (Phi) is 5.76. The standard InChI is InChI=1S/C10H20N2O2/c1-5-12(6-2)10(13)8(4)9(11)14-7-3/h5-7,11H2,1-4H3/b9-8-. The van der Waals surface area contributed by atoms with Crippen molar-refractivity contribution in [2.24, 2.45) is 5.73 Å². The van der Waals surface area contributed by atoms with Gasteiger partial charge in [0.05, 0.1) is 12.2 Å². The molecule has 2 N–H and O–H groups in total. The summed E-state index contributed by atoms with van der Waals surface area (Å²) < 4.78 is 5.07. The Hall–Kier alpha value is -1.19. The van der Waals surface area contributed by atoms with Crippen molar-refractivity contribution in [1.29, 1.82) is 0 Å². The molecule has 0 unspecified atom stereocenters. The molecule has 0 radical (unpaired) electrons. The van der Waals surface area contributed by atoms with Crippen LogP contribution in [-0.4, -0.2) is 30.5 Å². The molecule has 1 amide bonds. The number of rotatable bonds is 5. The lowest BCUT2D eigenvalue weighted by atomic mass is 10.2. The highest BCUT2D eigenvalue weighted by Gasteiger charge is 2.14. The van der Waals surface area contributed by atoms with E-state index in [2.05, 4.69) is 0 Å². The number of carbonyl (C=O) groups is 1. The zero-order valence-corrected chi connectivity index (χ0v) is 9.46. The van der Waals surface area contributed by atoms with Gasteiger partial charge >= 0.3 is 0 Å². The molecular weight excluding hydrogens is 180 g/mol. The summed E-state index contributed by atoms with van der Waals surface area (Å²) in [6, 6.07) is 0. The first kappa shape index (κ1) is 12.8. The minimum Gasteiger partial charge on any atom is -0.479 e. The Balaban J connectivity index is 4.58. The van der Waals surface area contributed by atoms with E-state index in [4.69, 9.17) is 10.5 Å². The lowest BCUT2D eigenvalue weighted by Crippen LogP contribution is -2.32. The van der Waals surface area contributed by atoms with E-state index in [-0.39, 0.29) is 11.8 Å². The third-order valence-corrected chi connectivity index (χ3v) is 2.04. The summed E-state index contributed by atoms with van der Waals surface area (Å²) >= 11 is 0. The molecule has 0 saturated carbocycles. The molecule has 0 heterocycles. The summed E-state index contributed by atoms with van der Waals surface area (Å²) in [5.41, 5.74) is 6.07. The van der Waals surface area contributed by atoms with E-state index in [1.54, 1.807) is 11.8 Å². The molecule has 0 aliphatic carbocycles. The molecule has 0 aliphatic heterocycles. The summed E-state index contributed by atoms with van der Waals surface area (Å²) in [7, 11) is 0. The predicted octanol–water partition coefficient (Wildman–Crippen LogP) is 1.08. The van der Waals surface area contributed by atoms with Gasteiger partial charge in [0.25, 0.3) is 5.91 Å². The van der Waals surface area contributed by atoms with Crippen LogP contribution in [-0.2, 0) is 9.53 Å². The molecule has 0 aromatic heterocycles. The van der Waals surface area contributed by atoms with Crippen LogP contribution in [0.5, 0.6) is 0 Å². The smallest absolute Gasteiger partial charge is 0.254 e. The zero-order valence-electron chi connectivity index (χ0n) is 9.46. The SMILES string of the molecule is CCO/C(N)=C(/C)C(=O)N(CC)CC. The molecule has 0 fully saturated rings. The van der Waals surface area contributed by atoms with Crippen LogP contribution in [0.3, 0.4) is 0 Å². The van der Waals surface area contributed by atoms with Crippen LogP contribution in [0.4, 0.5) is 0 Å². The second-order valence-electron chi connectivity index (χ2n) is 2.90. The van der Waals surface area contributed by atoms with Crippen molar-refractivity contribution in [3.8, 4) is 0 Å². The predicted molar refractivity (Wildman–Crippen MR) is 56.4 cm³/mol. The fourth-order valence-corrected chi connectivity index (χ4v) is 1.12. The van der Waals surface area contributed by atoms with Crippen molar-refractivity contribution in [2.75, 3.05) is 19.7 Å². The third kappa shape index (κ3) is 3.28. The number of likely N-dealkylation sites (N-methyl/N-ethyl adjacent to an activating group) is 1. The molecular formula is C10H20N2O2.